The minimum absolute atomic E-state index is 0.0278. The highest BCUT2D eigenvalue weighted by Crippen LogP contribution is 2.37. The van der Waals surface area contributed by atoms with Gasteiger partial charge in [0.05, 0.1) is 48.1 Å². The Morgan fingerprint density at radius 2 is 1.84 bits per heavy atom. The molecule has 6 rings (SSSR count). The van der Waals surface area contributed by atoms with Gasteiger partial charge < -0.3 is 19.9 Å². The highest BCUT2D eigenvalue weighted by atomic mass is 35.5. The van der Waals surface area contributed by atoms with E-state index < -0.39 is 22.0 Å². The van der Waals surface area contributed by atoms with Crippen molar-refractivity contribution in [3.8, 4) is 6.01 Å². The number of carbonyl (C=O) groups is 1. The molecule has 236 valence electrons. The number of benzene rings is 1. The highest BCUT2D eigenvalue weighted by molar-refractivity contribution is 7.89. The van der Waals surface area contributed by atoms with E-state index in [4.69, 9.17) is 21.3 Å². The van der Waals surface area contributed by atoms with Gasteiger partial charge in [-0.25, -0.2) is 28.1 Å². The van der Waals surface area contributed by atoms with E-state index in [1.54, 1.807) is 23.9 Å². The monoisotopic (exact) mass is 653 g/mol. The fourth-order valence-corrected chi connectivity index (χ4v) is 6.74. The normalized spacial score (nSPS) is 18.4. The molecule has 45 heavy (non-hydrogen) atoms. The maximum absolute atomic E-state index is 13.8. The van der Waals surface area contributed by atoms with Gasteiger partial charge in [0, 0.05) is 31.9 Å². The van der Waals surface area contributed by atoms with Crippen LogP contribution in [0.4, 0.5) is 17.5 Å². The van der Waals surface area contributed by atoms with Crippen molar-refractivity contribution >= 4 is 55.9 Å². The molecule has 0 aliphatic carbocycles. The van der Waals surface area contributed by atoms with E-state index in [1.807, 2.05) is 36.8 Å². The second-order valence-corrected chi connectivity index (χ2v) is 13.5. The maximum Gasteiger partial charge on any atom is 0.318 e. The van der Waals surface area contributed by atoms with Crippen LogP contribution in [0.2, 0.25) is 5.15 Å². The molecule has 2 aliphatic rings. The molecule has 2 bridgehead atoms. The van der Waals surface area contributed by atoms with Crippen molar-refractivity contribution in [2.45, 2.75) is 38.4 Å². The van der Waals surface area contributed by atoms with Crippen LogP contribution in [0.15, 0.2) is 41.3 Å². The number of pyridine rings is 1. The third-order valence-corrected chi connectivity index (χ3v) is 8.88. The molecule has 0 spiro atoms. The summed E-state index contributed by atoms with van der Waals surface area (Å²) >= 11 is 6.05. The van der Waals surface area contributed by atoms with Gasteiger partial charge in [-0.3, -0.25) is 14.2 Å². The van der Waals surface area contributed by atoms with Crippen LogP contribution in [0, 0.1) is 6.92 Å². The van der Waals surface area contributed by atoms with Crippen molar-refractivity contribution in [1.82, 2.24) is 29.2 Å². The quantitative estimate of drug-likeness (QED) is 0.267. The van der Waals surface area contributed by atoms with Gasteiger partial charge in [-0.2, -0.15) is 4.98 Å². The van der Waals surface area contributed by atoms with Gasteiger partial charge in [-0.1, -0.05) is 17.7 Å². The largest absolute Gasteiger partial charge is 0.467 e. The number of ether oxygens (including phenoxy) is 1. The zero-order valence-electron chi connectivity index (χ0n) is 25.3. The van der Waals surface area contributed by atoms with E-state index in [0.29, 0.717) is 36.0 Å². The number of hydrogen-bond donors (Lipinski definition) is 2. The highest BCUT2D eigenvalue weighted by Gasteiger charge is 2.45. The van der Waals surface area contributed by atoms with Gasteiger partial charge in [0.15, 0.2) is 5.69 Å². The summed E-state index contributed by atoms with van der Waals surface area (Å²) < 4.78 is 32.2. The molecule has 0 radical (unpaired) electrons. The topological polar surface area (TPSA) is 165 Å². The van der Waals surface area contributed by atoms with Gasteiger partial charge in [-0.15, -0.1) is 0 Å². The molecule has 1 amide bonds. The van der Waals surface area contributed by atoms with Crippen molar-refractivity contribution in [2.75, 3.05) is 41.6 Å². The van der Waals surface area contributed by atoms with E-state index in [0.717, 1.165) is 29.6 Å². The van der Waals surface area contributed by atoms with Crippen LogP contribution in [0.5, 0.6) is 6.01 Å². The van der Waals surface area contributed by atoms with Crippen molar-refractivity contribution in [1.29, 1.82) is 0 Å². The number of rotatable bonds is 8. The van der Waals surface area contributed by atoms with E-state index in [1.165, 1.54) is 13.2 Å². The first kappa shape index (κ1) is 30.5. The number of sulfonamides is 1. The third kappa shape index (κ3) is 5.84. The summed E-state index contributed by atoms with van der Waals surface area (Å²) in [5, 5.41) is 3.75. The molecule has 5 heterocycles. The molecule has 0 saturated carbocycles. The molecule has 2 N–H and O–H groups in total. The minimum Gasteiger partial charge on any atom is -0.467 e. The number of amides is 1. The number of nitrogens with one attached hydrogen (secondary N) is 2. The van der Waals surface area contributed by atoms with Crippen LogP contribution in [0.1, 0.15) is 41.0 Å². The number of methoxy groups -OCH3 is 1. The van der Waals surface area contributed by atoms with Crippen LogP contribution in [-0.4, -0.2) is 77.4 Å². The number of carbonyl (C=O) groups excluding carboxylic acids is 1. The van der Waals surface area contributed by atoms with E-state index in [9.17, 15) is 18.0 Å². The number of anilines is 3. The molecule has 1 aromatic carbocycles. The van der Waals surface area contributed by atoms with Crippen molar-refractivity contribution in [2.24, 2.45) is 7.05 Å². The number of halogens is 1. The summed E-state index contributed by atoms with van der Waals surface area (Å²) in [5.41, 5.74) is 2.03. The third-order valence-electron chi connectivity index (χ3n) is 8.12. The number of aryl methyl sites for hydroxylation is 1. The molecule has 14 nitrogen and oxygen atoms in total. The second kappa shape index (κ2) is 11.5. The first-order valence-electron chi connectivity index (χ1n) is 14.2. The van der Waals surface area contributed by atoms with Crippen LogP contribution in [0.25, 0.3) is 10.9 Å². The number of nitrogens with zero attached hydrogens (tertiary/aromatic N) is 7. The summed E-state index contributed by atoms with van der Waals surface area (Å²) in [6.07, 6.45) is 3.45. The molecule has 16 heteroatoms. The lowest BCUT2D eigenvalue weighted by Crippen LogP contribution is -2.48. The molecule has 2 saturated heterocycles. The summed E-state index contributed by atoms with van der Waals surface area (Å²) in [7, 11) is -0.568. The Balaban J connectivity index is 1.34. The minimum atomic E-state index is -3.84. The summed E-state index contributed by atoms with van der Waals surface area (Å²) in [6.45, 7) is 5.13. The van der Waals surface area contributed by atoms with Crippen molar-refractivity contribution < 1.29 is 17.9 Å². The lowest BCUT2D eigenvalue weighted by molar-refractivity contribution is 0.0977. The predicted molar refractivity (Wildman–Crippen MR) is 171 cm³/mol. The average Bonchev–Trinajstić information content (AvgIpc) is 3.60. The molecule has 4 aromatic rings. The number of hydrogen-bond acceptors (Lipinski definition) is 12. The number of aromatic nitrogens is 5. The Morgan fingerprint density at radius 1 is 1.11 bits per heavy atom. The van der Waals surface area contributed by atoms with E-state index >= 15 is 0 Å². The fourth-order valence-electron chi connectivity index (χ4n) is 6.16. The Bertz CT molecular complexity index is 2000. The van der Waals surface area contributed by atoms with Gasteiger partial charge in [-0.05, 0) is 50.1 Å². The smallest absolute Gasteiger partial charge is 0.318 e. The summed E-state index contributed by atoms with van der Waals surface area (Å²) in [4.78, 5) is 48.7. The Labute approximate surface area is 264 Å². The Morgan fingerprint density at radius 3 is 2.53 bits per heavy atom. The molecule has 2 fully saturated rings. The SMILES string of the molecule is COc1nccc(N2C[C@H]3C[C@@H]2CN3c2nc3c([C@@H](C)Nc4ccc(Cl)nc4C(=O)NS(C)(=O)=O)cc(C)cc3c(=O)n2C)n1. The number of fused-ring (bicyclic) bond motifs is 3. The lowest BCUT2D eigenvalue weighted by Gasteiger charge is -2.36. The maximum atomic E-state index is 13.8. The number of piperazine rings is 1. The molecular weight excluding hydrogens is 622 g/mol. The standard InChI is InChI=1S/C29H32ClN9O5S/c1-15-10-19(16(2)32-21-6-7-22(30)33-25(21)26(40)36-45(5,42)43)24-20(11-15)27(41)37(3)29(35-24)39-14-17-12-18(39)13-38(17)23-8-9-31-28(34-23)44-4/h6-11,16-18,32H,12-14H2,1-5H3,(H,36,40)/t16-,17-,18-/m1/s1. The van der Waals surface area contributed by atoms with Crippen molar-refractivity contribution in [3.05, 3.63) is 68.9 Å². The molecule has 2 aliphatic heterocycles. The molecule has 0 unspecified atom stereocenters. The first-order valence-corrected chi connectivity index (χ1v) is 16.5. The molecular formula is C29H32ClN9O5S. The van der Waals surface area contributed by atoms with Gasteiger partial charge >= 0.3 is 6.01 Å². The van der Waals surface area contributed by atoms with Gasteiger partial charge in [0.1, 0.15) is 11.0 Å². The van der Waals surface area contributed by atoms with E-state index in [-0.39, 0.29) is 34.2 Å². The second-order valence-electron chi connectivity index (χ2n) is 11.4. The fraction of sp³-hybridized carbons (Fsp3) is 0.379. The first-order chi connectivity index (χ1) is 21.3. The van der Waals surface area contributed by atoms with Gasteiger partial charge in [0.2, 0.25) is 16.0 Å². The van der Waals surface area contributed by atoms with Crippen molar-refractivity contribution in [3.63, 3.8) is 0 Å². The summed E-state index contributed by atoms with van der Waals surface area (Å²) in [5.74, 6) is 0.448. The average molecular weight is 654 g/mol. The Hall–Kier alpha value is -4.50. The van der Waals surface area contributed by atoms with Gasteiger partial charge in [0.25, 0.3) is 11.5 Å². The molecule has 3 atom stereocenters. The lowest BCUT2D eigenvalue weighted by atomic mass is 10.0. The zero-order valence-corrected chi connectivity index (χ0v) is 26.8. The van der Waals surface area contributed by atoms with E-state index in [2.05, 4.69) is 30.1 Å². The van der Waals surface area contributed by atoms with Crippen LogP contribution < -0.4 is 30.1 Å². The molecule has 3 aromatic heterocycles. The van der Waals surface area contributed by atoms with Crippen LogP contribution in [-0.2, 0) is 17.1 Å². The summed E-state index contributed by atoms with van der Waals surface area (Å²) in [6, 6.07) is 8.82. The zero-order chi connectivity index (χ0) is 32.2. The Kier molecular flexibility index (Phi) is 7.77. The van der Waals surface area contributed by atoms with Crippen LogP contribution >= 0.6 is 11.6 Å². The predicted octanol–water partition coefficient (Wildman–Crippen LogP) is 2.42. The van der Waals surface area contributed by atoms with Crippen LogP contribution in [0.3, 0.4) is 0 Å².